The maximum atomic E-state index is 10.9. The van der Waals surface area contributed by atoms with Crippen molar-refractivity contribution in [3.63, 3.8) is 0 Å². The Bertz CT molecular complexity index is 155. The first kappa shape index (κ1) is 12.5. The van der Waals surface area contributed by atoms with Gasteiger partial charge in [-0.3, -0.25) is 4.79 Å². The molecule has 0 heterocycles. The molecule has 0 aliphatic heterocycles. The summed E-state index contributed by atoms with van der Waals surface area (Å²) in [6.45, 7) is 2.56. The van der Waals surface area contributed by atoms with E-state index in [0.717, 1.165) is 12.8 Å². The van der Waals surface area contributed by atoms with E-state index in [-0.39, 0.29) is 5.97 Å². The number of ether oxygens (including phenoxy) is 1. The third-order valence-corrected chi connectivity index (χ3v) is 1.73. The van der Waals surface area contributed by atoms with E-state index in [1.165, 1.54) is 0 Å². The Kier molecular flexibility index (Phi) is 9.22. The molecule has 0 unspecified atom stereocenters. The van der Waals surface area contributed by atoms with Crippen molar-refractivity contribution in [3.8, 4) is 0 Å². The normalized spacial score (nSPS) is 10.6. The smallest absolute Gasteiger partial charge is 0.305 e. The number of allylic oxidation sites excluding steroid dienone is 1. The van der Waals surface area contributed by atoms with Crippen LogP contribution in [0.5, 0.6) is 0 Å². The van der Waals surface area contributed by atoms with Crippen molar-refractivity contribution >= 4 is 17.6 Å². The molecule has 0 N–H and O–H groups in total. The molecule has 0 aromatic rings. The van der Waals surface area contributed by atoms with E-state index in [2.05, 4.69) is 13.0 Å². The first-order valence-corrected chi connectivity index (χ1v) is 5.21. The standard InChI is InChI=1S/C10H17ClO2/c1-2-3-4-5-9-13-10(12)7-6-8-11/h3-4H,2,5-9H2,1H3/b4-3-. The molecule has 0 aliphatic rings. The minimum Gasteiger partial charge on any atom is -0.465 e. The Morgan fingerprint density at radius 1 is 1.46 bits per heavy atom. The fraction of sp³-hybridized carbons (Fsp3) is 0.700. The SMILES string of the molecule is CC/C=C\CCOC(=O)CCCCl. The van der Waals surface area contributed by atoms with Crippen molar-refractivity contribution in [2.45, 2.75) is 32.6 Å². The third kappa shape index (κ3) is 9.41. The molecule has 0 saturated heterocycles. The number of carbonyl (C=O) groups excluding carboxylic acids is 1. The highest BCUT2D eigenvalue weighted by molar-refractivity contribution is 6.17. The first-order chi connectivity index (χ1) is 6.31. The van der Waals surface area contributed by atoms with Gasteiger partial charge in [0.05, 0.1) is 6.61 Å². The summed E-state index contributed by atoms with van der Waals surface area (Å²) >= 11 is 5.43. The molecule has 0 spiro atoms. The van der Waals surface area contributed by atoms with Gasteiger partial charge in [0.15, 0.2) is 0 Å². The van der Waals surface area contributed by atoms with Crippen LogP contribution in [0.4, 0.5) is 0 Å². The van der Waals surface area contributed by atoms with Crippen LogP contribution in [-0.2, 0) is 9.53 Å². The summed E-state index contributed by atoms with van der Waals surface area (Å²) in [7, 11) is 0. The second kappa shape index (κ2) is 9.59. The Balaban J connectivity index is 3.21. The van der Waals surface area contributed by atoms with Crippen LogP contribution in [-0.4, -0.2) is 18.5 Å². The van der Waals surface area contributed by atoms with Crippen LogP contribution in [0.2, 0.25) is 0 Å². The van der Waals surface area contributed by atoms with Crippen molar-refractivity contribution in [2.75, 3.05) is 12.5 Å². The van der Waals surface area contributed by atoms with Crippen LogP contribution in [0.1, 0.15) is 32.6 Å². The summed E-state index contributed by atoms with van der Waals surface area (Å²) in [6, 6.07) is 0. The summed E-state index contributed by atoms with van der Waals surface area (Å²) in [4.78, 5) is 10.9. The molecular weight excluding hydrogens is 188 g/mol. The highest BCUT2D eigenvalue weighted by Crippen LogP contribution is 1.96. The number of esters is 1. The number of alkyl halides is 1. The highest BCUT2D eigenvalue weighted by Gasteiger charge is 1.99. The third-order valence-electron chi connectivity index (χ3n) is 1.46. The lowest BCUT2D eigenvalue weighted by molar-refractivity contribution is -0.143. The molecule has 3 heteroatoms. The molecule has 0 radical (unpaired) electrons. The molecule has 2 nitrogen and oxygen atoms in total. The first-order valence-electron chi connectivity index (χ1n) is 4.67. The molecule has 0 aliphatic carbocycles. The zero-order valence-corrected chi connectivity index (χ0v) is 8.85. The van der Waals surface area contributed by atoms with Crippen molar-refractivity contribution in [2.24, 2.45) is 0 Å². The lowest BCUT2D eigenvalue weighted by Gasteiger charge is -2.00. The maximum absolute atomic E-state index is 10.9. The van der Waals surface area contributed by atoms with Gasteiger partial charge in [-0.15, -0.1) is 11.6 Å². The van der Waals surface area contributed by atoms with Gasteiger partial charge in [-0.05, 0) is 19.3 Å². The van der Waals surface area contributed by atoms with Gasteiger partial charge in [0.25, 0.3) is 0 Å². The largest absolute Gasteiger partial charge is 0.465 e. The average Bonchev–Trinajstić information content (AvgIpc) is 2.14. The van der Waals surface area contributed by atoms with Gasteiger partial charge in [0.2, 0.25) is 0 Å². The van der Waals surface area contributed by atoms with Crippen molar-refractivity contribution in [1.29, 1.82) is 0 Å². The van der Waals surface area contributed by atoms with Gasteiger partial charge in [0, 0.05) is 12.3 Å². The molecular formula is C10H17ClO2. The van der Waals surface area contributed by atoms with Gasteiger partial charge in [-0.2, -0.15) is 0 Å². The summed E-state index contributed by atoms with van der Waals surface area (Å²) in [5.74, 6) is 0.371. The van der Waals surface area contributed by atoms with E-state index in [1.807, 2.05) is 6.08 Å². The van der Waals surface area contributed by atoms with Crippen molar-refractivity contribution in [1.82, 2.24) is 0 Å². The molecule has 0 aromatic heterocycles. The fourth-order valence-corrected chi connectivity index (χ4v) is 0.942. The summed E-state index contributed by atoms with van der Waals surface area (Å²) in [6.07, 6.45) is 7.05. The predicted octanol–water partition coefficient (Wildman–Crippen LogP) is 2.90. The van der Waals surface area contributed by atoms with Gasteiger partial charge >= 0.3 is 5.97 Å². The van der Waals surface area contributed by atoms with E-state index < -0.39 is 0 Å². The van der Waals surface area contributed by atoms with Gasteiger partial charge in [0.1, 0.15) is 0 Å². The molecule has 0 bridgehead atoms. The summed E-state index contributed by atoms with van der Waals surface area (Å²) in [5, 5.41) is 0. The summed E-state index contributed by atoms with van der Waals surface area (Å²) < 4.78 is 4.94. The molecule has 0 atom stereocenters. The Morgan fingerprint density at radius 2 is 2.23 bits per heavy atom. The van der Waals surface area contributed by atoms with E-state index >= 15 is 0 Å². The topological polar surface area (TPSA) is 26.3 Å². The monoisotopic (exact) mass is 204 g/mol. The maximum Gasteiger partial charge on any atom is 0.305 e. The quantitative estimate of drug-likeness (QED) is 0.276. The Morgan fingerprint density at radius 3 is 2.85 bits per heavy atom. The second-order valence-electron chi connectivity index (χ2n) is 2.68. The van der Waals surface area contributed by atoms with Crippen LogP contribution in [0.25, 0.3) is 0 Å². The zero-order chi connectivity index (χ0) is 9.94. The fourth-order valence-electron chi connectivity index (χ4n) is 0.809. The van der Waals surface area contributed by atoms with E-state index in [4.69, 9.17) is 16.3 Å². The second-order valence-corrected chi connectivity index (χ2v) is 3.06. The van der Waals surface area contributed by atoms with Crippen LogP contribution < -0.4 is 0 Å². The molecule has 13 heavy (non-hydrogen) atoms. The molecule has 0 rings (SSSR count). The van der Waals surface area contributed by atoms with E-state index in [9.17, 15) is 4.79 Å². The minimum atomic E-state index is -0.148. The molecule has 76 valence electrons. The molecule has 0 aromatic carbocycles. The predicted molar refractivity (Wildman–Crippen MR) is 55.0 cm³/mol. The number of rotatable bonds is 7. The van der Waals surface area contributed by atoms with Crippen molar-refractivity contribution < 1.29 is 9.53 Å². The lowest BCUT2D eigenvalue weighted by atomic mass is 10.3. The zero-order valence-electron chi connectivity index (χ0n) is 8.09. The number of carbonyl (C=O) groups is 1. The Hall–Kier alpha value is -0.500. The van der Waals surface area contributed by atoms with Crippen molar-refractivity contribution in [3.05, 3.63) is 12.2 Å². The van der Waals surface area contributed by atoms with Gasteiger partial charge in [-0.1, -0.05) is 19.1 Å². The van der Waals surface area contributed by atoms with E-state index in [1.54, 1.807) is 0 Å². The van der Waals surface area contributed by atoms with Crippen LogP contribution in [0.15, 0.2) is 12.2 Å². The Labute approximate surface area is 84.9 Å². The van der Waals surface area contributed by atoms with Gasteiger partial charge < -0.3 is 4.74 Å². The molecule has 0 fully saturated rings. The van der Waals surface area contributed by atoms with Gasteiger partial charge in [-0.25, -0.2) is 0 Å². The molecule has 0 saturated carbocycles. The lowest BCUT2D eigenvalue weighted by Crippen LogP contribution is -2.05. The number of hydrogen-bond acceptors (Lipinski definition) is 2. The number of hydrogen-bond donors (Lipinski definition) is 0. The average molecular weight is 205 g/mol. The van der Waals surface area contributed by atoms with Crippen LogP contribution in [0.3, 0.4) is 0 Å². The summed E-state index contributed by atoms with van der Waals surface area (Å²) in [5.41, 5.74) is 0. The van der Waals surface area contributed by atoms with Crippen LogP contribution in [0, 0.1) is 0 Å². The highest BCUT2D eigenvalue weighted by atomic mass is 35.5. The minimum absolute atomic E-state index is 0.148. The van der Waals surface area contributed by atoms with Crippen LogP contribution >= 0.6 is 11.6 Å². The van der Waals surface area contributed by atoms with E-state index in [0.29, 0.717) is 25.3 Å². The number of halogens is 1. The molecule has 0 amide bonds.